The predicted molar refractivity (Wildman–Crippen MR) is 113 cm³/mol. The summed E-state index contributed by atoms with van der Waals surface area (Å²) < 4.78 is 5.49. The number of nitrogens with one attached hydrogen (secondary N) is 1. The van der Waals surface area contributed by atoms with E-state index in [1.165, 1.54) is 11.3 Å². The number of hydrogen-bond donors (Lipinski definition) is 1. The molecule has 0 spiro atoms. The topological polar surface area (TPSA) is 53.0 Å². The predicted octanol–water partition coefficient (Wildman–Crippen LogP) is 2.89. The van der Waals surface area contributed by atoms with Crippen molar-refractivity contribution >= 4 is 23.0 Å². The lowest BCUT2D eigenvalue weighted by molar-refractivity contribution is 0.122. The lowest BCUT2D eigenvalue weighted by Gasteiger charge is -2.30. The Balaban J connectivity index is 1.73. The van der Waals surface area contributed by atoms with E-state index in [1.54, 1.807) is 11.3 Å². The van der Waals surface area contributed by atoms with Gasteiger partial charge in [-0.2, -0.15) is 0 Å². The quantitative estimate of drug-likeness (QED) is 0.610. The summed E-state index contributed by atoms with van der Waals surface area (Å²) in [5, 5.41) is 6.61. The molecule has 1 saturated heterocycles. The summed E-state index contributed by atoms with van der Waals surface area (Å²) in [6.07, 6.45) is 0. The van der Waals surface area contributed by atoms with Gasteiger partial charge in [0.05, 0.1) is 37.0 Å². The van der Waals surface area contributed by atoms with Crippen molar-refractivity contribution in [2.24, 2.45) is 4.99 Å². The number of rotatable bonds is 6. The largest absolute Gasteiger partial charge is 0.378 e. The van der Waals surface area contributed by atoms with Gasteiger partial charge < -0.3 is 19.9 Å². The highest BCUT2D eigenvalue weighted by Crippen LogP contribution is 2.22. The number of anilines is 1. The van der Waals surface area contributed by atoms with Crippen molar-refractivity contribution in [2.45, 2.75) is 26.9 Å². The van der Waals surface area contributed by atoms with Crippen LogP contribution >= 0.6 is 11.3 Å². The van der Waals surface area contributed by atoms with Gasteiger partial charge in [0, 0.05) is 37.7 Å². The Morgan fingerprint density at radius 2 is 2.11 bits per heavy atom. The fraction of sp³-hybridized carbons (Fsp3) is 0.500. The Hall–Kier alpha value is -2.12. The van der Waals surface area contributed by atoms with E-state index in [9.17, 15) is 0 Å². The fourth-order valence-electron chi connectivity index (χ4n) is 3.19. The van der Waals surface area contributed by atoms with Crippen LogP contribution in [-0.4, -0.2) is 55.7 Å². The van der Waals surface area contributed by atoms with E-state index in [1.807, 2.05) is 6.92 Å². The van der Waals surface area contributed by atoms with Crippen LogP contribution in [0.1, 0.15) is 23.2 Å². The molecule has 7 heteroatoms. The van der Waals surface area contributed by atoms with Gasteiger partial charge in [-0.15, -0.1) is 11.3 Å². The Morgan fingerprint density at radius 1 is 1.33 bits per heavy atom. The third-order valence-corrected chi connectivity index (χ3v) is 5.33. The molecule has 27 heavy (non-hydrogen) atoms. The summed E-state index contributed by atoms with van der Waals surface area (Å²) in [7, 11) is 2.06. The molecule has 1 fully saturated rings. The number of benzene rings is 1. The van der Waals surface area contributed by atoms with E-state index >= 15 is 0 Å². The van der Waals surface area contributed by atoms with Crippen molar-refractivity contribution in [3.8, 4) is 0 Å². The van der Waals surface area contributed by atoms with Crippen LogP contribution in [0, 0.1) is 6.92 Å². The number of para-hydroxylation sites is 1. The number of ether oxygens (including phenoxy) is 1. The molecule has 0 bridgehead atoms. The van der Waals surface area contributed by atoms with Gasteiger partial charge in [0.1, 0.15) is 0 Å². The first-order valence-electron chi connectivity index (χ1n) is 9.48. The van der Waals surface area contributed by atoms with Crippen molar-refractivity contribution < 1.29 is 4.74 Å². The summed E-state index contributed by atoms with van der Waals surface area (Å²) in [4.78, 5) is 14.0. The van der Waals surface area contributed by atoms with Gasteiger partial charge in [-0.05, 0) is 25.5 Å². The van der Waals surface area contributed by atoms with Crippen molar-refractivity contribution in [1.82, 2.24) is 15.2 Å². The maximum absolute atomic E-state index is 5.49. The Morgan fingerprint density at radius 3 is 2.81 bits per heavy atom. The van der Waals surface area contributed by atoms with E-state index in [4.69, 9.17) is 9.73 Å². The lowest BCUT2D eigenvalue weighted by Crippen LogP contribution is -2.38. The highest BCUT2D eigenvalue weighted by Gasteiger charge is 2.15. The summed E-state index contributed by atoms with van der Waals surface area (Å²) >= 11 is 1.69. The second kappa shape index (κ2) is 9.71. The molecule has 3 rings (SSSR count). The molecule has 2 heterocycles. The van der Waals surface area contributed by atoms with Gasteiger partial charge in [0.15, 0.2) is 5.96 Å². The molecule has 146 valence electrons. The molecule has 0 unspecified atom stereocenters. The minimum Gasteiger partial charge on any atom is -0.378 e. The molecule has 2 aromatic rings. The van der Waals surface area contributed by atoms with Crippen molar-refractivity contribution in [2.75, 3.05) is 44.8 Å². The van der Waals surface area contributed by atoms with E-state index in [-0.39, 0.29) is 0 Å². The van der Waals surface area contributed by atoms with E-state index < -0.39 is 0 Å². The van der Waals surface area contributed by atoms with Gasteiger partial charge >= 0.3 is 0 Å². The first kappa shape index (κ1) is 19.6. The van der Waals surface area contributed by atoms with E-state index in [0.29, 0.717) is 6.54 Å². The number of aliphatic imine (C=N–C) groups is 1. The zero-order valence-corrected chi connectivity index (χ0v) is 17.3. The van der Waals surface area contributed by atoms with Crippen molar-refractivity contribution in [3.63, 3.8) is 0 Å². The number of aromatic nitrogens is 1. The zero-order chi connectivity index (χ0) is 19.1. The second-order valence-electron chi connectivity index (χ2n) is 6.61. The first-order chi connectivity index (χ1) is 13.2. The number of morpholine rings is 1. The van der Waals surface area contributed by atoms with Crippen LogP contribution < -0.4 is 10.2 Å². The molecular formula is C20H29N5OS. The molecule has 1 aromatic carbocycles. The standard InChI is InChI=1S/C20H29N5OS/c1-4-21-20(24(3)14-18-15-27-16(2)23-18)22-13-17-7-5-6-8-19(17)25-9-11-26-12-10-25/h5-8,15H,4,9-14H2,1-3H3,(H,21,22). The summed E-state index contributed by atoms with van der Waals surface area (Å²) in [5.41, 5.74) is 3.59. The van der Waals surface area contributed by atoms with Gasteiger partial charge in [-0.1, -0.05) is 18.2 Å². The molecule has 0 radical (unpaired) electrons. The summed E-state index contributed by atoms with van der Waals surface area (Å²) in [6, 6.07) is 8.54. The van der Waals surface area contributed by atoms with Crippen molar-refractivity contribution in [1.29, 1.82) is 0 Å². The molecule has 0 saturated carbocycles. The number of aryl methyl sites for hydroxylation is 1. The number of hydrogen-bond acceptors (Lipinski definition) is 5. The van der Waals surface area contributed by atoms with E-state index in [0.717, 1.165) is 56.1 Å². The molecular weight excluding hydrogens is 358 g/mol. The van der Waals surface area contributed by atoms with Crippen LogP contribution in [0.5, 0.6) is 0 Å². The Bertz CT molecular complexity index is 754. The van der Waals surface area contributed by atoms with Crippen LogP contribution in [0.2, 0.25) is 0 Å². The third kappa shape index (κ3) is 5.43. The lowest BCUT2D eigenvalue weighted by atomic mass is 10.1. The molecule has 0 amide bonds. The summed E-state index contributed by atoms with van der Waals surface area (Å²) in [5.74, 6) is 0.903. The van der Waals surface area contributed by atoms with Crippen LogP contribution in [0.25, 0.3) is 0 Å². The van der Waals surface area contributed by atoms with Gasteiger partial charge in [-0.25, -0.2) is 9.98 Å². The number of guanidine groups is 1. The monoisotopic (exact) mass is 387 g/mol. The third-order valence-electron chi connectivity index (χ3n) is 4.50. The van der Waals surface area contributed by atoms with E-state index in [2.05, 4.69) is 63.7 Å². The van der Waals surface area contributed by atoms with Crippen molar-refractivity contribution in [3.05, 3.63) is 45.9 Å². The second-order valence-corrected chi connectivity index (χ2v) is 7.67. The number of thiazole rings is 1. The highest BCUT2D eigenvalue weighted by atomic mass is 32.1. The highest BCUT2D eigenvalue weighted by molar-refractivity contribution is 7.09. The van der Waals surface area contributed by atoms with Crippen LogP contribution in [0.15, 0.2) is 34.6 Å². The first-order valence-corrected chi connectivity index (χ1v) is 10.4. The molecule has 1 aliphatic rings. The van der Waals surface area contributed by atoms with Crippen LogP contribution in [0.3, 0.4) is 0 Å². The maximum atomic E-state index is 5.49. The number of nitrogens with zero attached hydrogens (tertiary/aromatic N) is 4. The SMILES string of the molecule is CCNC(=NCc1ccccc1N1CCOCC1)N(C)Cc1csc(C)n1. The normalized spacial score (nSPS) is 15.1. The Kier molecular flexibility index (Phi) is 7.06. The maximum Gasteiger partial charge on any atom is 0.194 e. The smallest absolute Gasteiger partial charge is 0.194 e. The molecule has 1 aromatic heterocycles. The average molecular weight is 388 g/mol. The molecule has 1 N–H and O–H groups in total. The molecule has 1 aliphatic heterocycles. The van der Waals surface area contributed by atoms with Gasteiger partial charge in [-0.3, -0.25) is 0 Å². The average Bonchev–Trinajstić information content (AvgIpc) is 3.10. The zero-order valence-electron chi connectivity index (χ0n) is 16.4. The Labute approximate surface area is 165 Å². The molecule has 6 nitrogen and oxygen atoms in total. The molecule has 0 aliphatic carbocycles. The molecule has 0 atom stereocenters. The fourth-order valence-corrected chi connectivity index (χ4v) is 3.79. The van der Waals surface area contributed by atoms with Crippen LogP contribution in [0.4, 0.5) is 5.69 Å². The van der Waals surface area contributed by atoms with Gasteiger partial charge in [0.25, 0.3) is 0 Å². The van der Waals surface area contributed by atoms with Crippen LogP contribution in [-0.2, 0) is 17.8 Å². The van der Waals surface area contributed by atoms with Gasteiger partial charge in [0.2, 0.25) is 0 Å². The minimum atomic E-state index is 0.649. The summed E-state index contributed by atoms with van der Waals surface area (Å²) in [6.45, 7) is 9.82. The minimum absolute atomic E-state index is 0.649.